The van der Waals surface area contributed by atoms with Crippen LogP contribution in [-0.4, -0.2) is 40.7 Å². The first-order valence-electron chi connectivity index (χ1n) is 7.88. The van der Waals surface area contributed by atoms with Crippen LogP contribution in [0.2, 0.25) is 0 Å². The predicted octanol–water partition coefficient (Wildman–Crippen LogP) is 2.45. The summed E-state index contributed by atoms with van der Waals surface area (Å²) < 4.78 is 11.1. The number of ether oxygens (including phenoxy) is 1. The Labute approximate surface area is 138 Å². The largest absolute Gasteiger partial charge is 0.423 e. The summed E-state index contributed by atoms with van der Waals surface area (Å²) in [5, 5.41) is 9.95. The minimum absolute atomic E-state index is 0.121. The van der Waals surface area contributed by atoms with E-state index in [0.29, 0.717) is 37.4 Å². The van der Waals surface area contributed by atoms with Crippen molar-refractivity contribution in [1.82, 2.24) is 15.1 Å². The maximum absolute atomic E-state index is 12.8. The Hall–Kier alpha value is -1.73. The Morgan fingerprint density at radius 3 is 2.96 bits per heavy atom. The number of nitrogens with zero attached hydrogens (tertiary/aromatic N) is 3. The van der Waals surface area contributed by atoms with E-state index in [0.717, 1.165) is 6.42 Å². The van der Waals surface area contributed by atoms with Crippen molar-refractivity contribution in [3.63, 3.8) is 0 Å². The highest BCUT2D eigenvalue weighted by Crippen LogP contribution is 2.51. The molecule has 0 N–H and O–H groups in total. The highest BCUT2D eigenvalue weighted by atomic mass is 32.1. The molecule has 0 radical (unpaired) electrons. The van der Waals surface area contributed by atoms with Crippen molar-refractivity contribution < 1.29 is 13.9 Å². The van der Waals surface area contributed by atoms with Gasteiger partial charge in [0.1, 0.15) is 0 Å². The minimum Gasteiger partial charge on any atom is -0.423 e. The average molecular weight is 333 g/mol. The first-order valence-corrected chi connectivity index (χ1v) is 8.76. The van der Waals surface area contributed by atoms with Gasteiger partial charge in [-0.2, -0.15) is 0 Å². The monoisotopic (exact) mass is 333 g/mol. The molecule has 1 saturated heterocycles. The fraction of sp³-hybridized carbons (Fsp3) is 0.562. The summed E-state index contributed by atoms with van der Waals surface area (Å²) in [5.41, 5.74) is 1.30. The molecule has 2 fully saturated rings. The predicted molar refractivity (Wildman–Crippen MR) is 84.2 cm³/mol. The van der Waals surface area contributed by atoms with Crippen LogP contribution < -0.4 is 0 Å². The standard InChI is InChI=1S/C16H19N3O3S/c1-9-3-6-23-14(9)11-7-12(11)16(20)19-4-5-21-13(8-19)15-18-17-10(2)22-15/h3,6,11-13H,4-5,7-8H2,1-2H3/t11-,12-,13+/m1/s1. The van der Waals surface area contributed by atoms with Crippen molar-refractivity contribution in [3.8, 4) is 0 Å². The molecule has 2 aromatic heterocycles. The number of thiophene rings is 1. The van der Waals surface area contributed by atoms with Crippen molar-refractivity contribution in [2.45, 2.75) is 32.3 Å². The van der Waals surface area contributed by atoms with Crippen molar-refractivity contribution in [3.05, 3.63) is 33.7 Å². The SMILES string of the molecule is Cc1nnc([C@@H]2CN(C(=O)[C@@H]3C[C@H]3c3sccc3C)CCO2)o1. The second-order valence-electron chi connectivity index (χ2n) is 6.22. The summed E-state index contributed by atoms with van der Waals surface area (Å²) in [6.45, 7) is 5.50. The number of carbonyl (C=O) groups excluding carboxylic acids is 1. The van der Waals surface area contributed by atoms with E-state index in [4.69, 9.17) is 9.15 Å². The van der Waals surface area contributed by atoms with Gasteiger partial charge in [-0.05, 0) is 30.4 Å². The molecule has 2 aromatic rings. The molecule has 3 heterocycles. The second-order valence-corrected chi connectivity index (χ2v) is 7.17. The lowest BCUT2D eigenvalue weighted by Crippen LogP contribution is -2.43. The van der Waals surface area contributed by atoms with Gasteiger partial charge in [0.05, 0.1) is 13.2 Å². The van der Waals surface area contributed by atoms with E-state index in [-0.39, 0.29) is 17.9 Å². The van der Waals surface area contributed by atoms with Crippen molar-refractivity contribution >= 4 is 17.2 Å². The Balaban J connectivity index is 1.42. The summed E-state index contributed by atoms with van der Waals surface area (Å²) in [4.78, 5) is 16.0. The van der Waals surface area contributed by atoms with Gasteiger partial charge in [-0.25, -0.2) is 0 Å². The molecular weight excluding hydrogens is 314 g/mol. The summed E-state index contributed by atoms with van der Waals surface area (Å²) in [6.07, 6.45) is 0.650. The van der Waals surface area contributed by atoms with E-state index in [9.17, 15) is 4.79 Å². The quantitative estimate of drug-likeness (QED) is 0.863. The number of aromatic nitrogens is 2. The molecule has 0 unspecified atom stereocenters. The number of morpholine rings is 1. The Bertz CT molecular complexity index is 726. The van der Waals surface area contributed by atoms with Gasteiger partial charge in [0.25, 0.3) is 0 Å². The van der Waals surface area contributed by atoms with Gasteiger partial charge in [-0.15, -0.1) is 21.5 Å². The number of rotatable bonds is 3. The van der Waals surface area contributed by atoms with E-state index < -0.39 is 0 Å². The molecule has 3 atom stereocenters. The topological polar surface area (TPSA) is 68.5 Å². The normalized spacial score (nSPS) is 27.2. The molecular formula is C16H19N3O3S. The molecule has 0 spiro atoms. The second kappa shape index (κ2) is 5.72. The highest BCUT2D eigenvalue weighted by molar-refractivity contribution is 7.10. The van der Waals surface area contributed by atoms with Crippen LogP contribution in [0.4, 0.5) is 0 Å². The van der Waals surface area contributed by atoms with Crippen LogP contribution in [0, 0.1) is 19.8 Å². The Morgan fingerprint density at radius 2 is 2.26 bits per heavy atom. The van der Waals surface area contributed by atoms with Crippen LogP contribution in [0.15, 0.2) is 15.9 Å². The van der Waals surface area contributed by atoms with Gasteiger partial charge >= 0.3 is 0 Å². The zero-order valence-corrected chi connectivity index (χ0v) is 14.0. The molecule has 122 valence electrons. The number of aryl methyl sites for hydroxylation is 2. The third-order valence-electron chi connectivity index (χ3n) is 4.54. The van der Waals surface area contributed by atoms with Gasteiger partial charge in [0.2, 0.25) is 17.7 Å². The Kier molecular flexibility index (Phi) is 3.69. The Morgan fingerprint density at radius 1 is 1.39 bits per heavy atom. The van der Waals surface area contributed by atoms with Crippen molar-refractivity contribution in [2.75, 3.05) is 19.7 Å². The van der Waals surface area contributed by atoms with Crippen LogP contribution in [0.5, 0.6) is 0 Å². The summed E-state index contributed by atoms with van der Waals surface area (Å²) in [6, 6.07) is 2.13. The summed E-state index contributed by atoms with van der Waals surface area (Å²) >= 11 is 1.76. The third-order valence-corrected chi connectivity index (χ3v) is 5.69. The molecule has 2 aliphatic rings. The molecule has 1 aliphatic heterocycles. The summed E-state index contributed by atoms with van der Waals surface area (Å²) in [7, 11) is 0. The number of carbonyl (C=O) groups is 1. The van der Waals surface area contributed by atoms with Crippen LogP contribution in [-0.2, 0) is 9.53 Å². The first-order chi connectivity index (χ1) is 11.1. The smallest absolute Gasteiger partial charge is 0.246 e. The molecule has 0 aromatic carbocycles. The zero-order valence-electron chi connectivity index (χ0n) is 13.2. The van der Waals surface area contributed by atoms with Gasteiger partial charge < -0.3 is 14.1 Å². The highest BCUT2D eigenvalue weighted by Gasteiger charge is 2.47. The van der Waals surface area contributed by atoms with Crippen LogP contribution in [0.25, 0.3) is 0 Å². The van der Waals surface area contributed by atoms with E-state index in [1.807, 2.05) is 4.90 Å². The molecule has 4 rings (SSSR count). The van der Waals surface area contributed by atoms with E-state index >= 15 is 0 Å². The lowest BCUT2D eigenvalue weighted by molar-refractivity contribution is -0.141. The van der Waals surface area contributed by atoms with Gasteiger partial charge in [-0.3, -0.25) is 4.79 Å². The van der Waals surface area contributed by atoms with E-state index in [1.165, 1.54) is 10.4 Å². The van der Waals surface area contributed by atoms with Crippen LogP contribution in [0.1, 0.15) is 40.7 Å². The molecule has 1 aliphatic carbocycles. The molecule has 7 heteroatoms. The molecule has 1 amide bonds. The average Bonchev–Trinajstić information content (AvgIpc) is 3.03. The fourth-order valence-electron chi connectivity index (χ4n) is 3.20. The molecule has 0 bridgehead atoms. The number of hydrogen-bond donors (Lipinski definition) is 0. The van der Waals surface area contributed by atoms with Gasteiger partial charge in [0.15, 0.2) is 6.10 Å². The van der Waals surface area contributed by atoms with E-state index in [2.05, 4.69) is 28.6 Å². The van der Waals surface area contributed by atoms with Crippen molar-refractivity contribution in [1.29, 1.82) is 0 Å². The zero-order chi connectivity index (χ0) is 16.0. The van der Waals surface area contributed by atoms with E-state index in [1.54, 1.807) is 18.3 Å². The van der Waals surface area contributed by atoms with Crippen molar-refractivity contribution in [2.24, 2.45) is 5.92 Å². The first kappa shape index (κ1) is 14.8. The molecule has 23 heavy (non-hydrogen) atoms. The number of amides is 1. The van der Waals surface area contributed by atoms with Gasteiger partial charge in [-0.1, -0.05) is 0 Å². The molecule has 1 saturated carbocycles. The van der Waals surface area contributed by atoms with Crippen LogP contribution in [0.3, 0.4) is 0 Å². The van der Waals surface area contributed by atoms with Gasteiger partial charge in [0, 0.05) is 30.2 Å². The number of hydrogen-bond acceptors (Lipinski definition) is 6. The fourth-order valence-corrected chi connectivity index (χ4v) is 4.31. The maximum atomic E-state index is 12.8. The molecule has 6 nitrogen and oxygen atoms in total. The minimum atomic E-state index is -0.311. The maximum Gasteiger partial charge on any atom is 0.246 e. The lowest BCUT2D eigenvalue weighted by Gasteiger charge is -2.31. The lowest BCUT2D eigenvalue weighted by atomic mass is 10.1. The third kappa shape index (κ3) is 2.79. The summed E-state index contributed by atoms with van der Waals surface area (Å²) in [5.74, 6) is 1.72. The van der Waals surface area contributed by atoms with Crippen LogP contribution >= 0.6 is 11.3 Å².